The van der Waals surface area contributed by atoms with E-state index in [0.29, 0.717) is 42.3 Å². The summed E-state index contributed by atoms with van der Waals surface area (Å²) in [5.41, 5.74) is 15.3. The number of aliphatic carboxylic acids is 1. The summed E-state index contributed by atoms with van der Waals surface area (Å²) in [6, 6.07) is 7.07. The van der Waals surface area contributed by atoms with Gasteiger partial charge in [0.1, 0.15) is 23.3 Å². The molecule has 272 valence electrons. The van der Waals surface area contributed by atoms with Crippen LogP contribution in [0, 0.1) is 5.92 Å². The third-order valence-corrected chi connectivity index (χ3v) is 8.86. The maximum absolute atomic E-state index is 12.1. The fourth-order valence-electron chi connectivity index (χ4n) is 4.98. The van der Waals surface area contributed by atoms with Crippen molar-refractivity contribution in [2.45, 2.75) is 89.6 Å². The highest BCUT2D eigenvalue weighted by Crippen LogP contribution is 2.33. The molecule has 2 aromatic rings. The van der Waals surface area contributed by atoms with Gasteiger partial charge >= 0.3 is 5.97 Å². The van der Waals surface area contributed by atoms with Gasteiger partial charge < -0.3 is 41.8 Å². The number of β-lactam (4-membered cyclic amide) rings is 1. The molecule has 0 radical (unpaired) electrons. The van der Waals surface area contributed by atoms with Crippen LogP contribution in [0.3, 0.4) is 0 Å². The van der Waals surface area contributed by atoms with Crippen molar-refractivity contribution in [2.24, 2.45) is 27.5 Å². The Bertz CT molecular complexity index is 1440. The second kappa shape index (κ2) is 18.8. The van der Waals surface area contributed by atoms with Crippen LogP contribution < -0.4 is 27.3 Å². The Morgan fingerprint density at radius 3 is 2.35 bits per heavy atom. The molecule has 4 rings (SSSR count). The summed E-state index contributed by atoms with van der Waals surface area (Å²) in [4.78, 5) is 48.0. The average molecular weight is 725 g/mol. The third kappa shape index (κ3) is 10.8. The van der Waals surface area contributed by atoms with Crippen LogP contribution in [-0.2, 0) is 23.5 Å². The number of amides is 1. The van der Waals surface area contributed by atoms with Gasteiger partial charge in [-0.25, -0.2) is 9.78 Å². The summed E-state index contributed by atoms with van der Waals surface area (Å²) in [7, 11) is 3.30. The van der Waals surface area contributed by atoms with Crippen LogP contribution in [0.4, 0.5) is 5.13 Å². The van der Waals surface area contributed by atoms with Gasteiger partial charge in [-0.1, -0.05) is 25.4 Å². The summed E-state index contributed by atoms with van der Waals surface area (Å²) in [6.07, 6.45) is 3.00. The molecule has 9 N–H and O–H groups in total. The smallest absolute Gasteiger partial charge is 0.354 e. The number of amidine groups is 1. The monoisotopic (exact) mass is 724 g/mol. The number of oxime groups is 1. The van der Waals surface area contributed by atoms with Crippen molar-refractivity contribution >= 4 is 58.5 Å². The van der Waals surface area contributed by atoms with Crippen LogP contribution in [0.1, 0.15) is 71.6 Å². The molecule has 2 heterocycles. The molecule has 49 heavy (non-hydrogen) atoms. The fraction of sp³-hybridized carbons (Fsp3) is 0.548. The van der Waals surface area contributed by atoms with Gasteiger partial charge in [0, 0.05) is 24.0 Å². The lowest BCUT2D eigenvalue weighted by Gasteiger charge is -2.50. The number of hydrogen-bond donors (Lipinski definition) is 6. The van der Waals surface area contributed by atoms with Gasteiger partial charge in [0.25, 0.3) is 11.5 Å². The first-order valence-corrected chi connectivity index (χ1v) is 17.1. The number of ether oxygens (including phenoxy) is 1. The number of nitrogens with two attached hydrogens (primary N) is 3. The Balaban J connectivity index is 0.000000374. The van der Waals surface area contributed by atoms with Crippen molar-refractivity contribution in [3.8, 4) is 5.75 Å². The quantitative estimate of drug-likeness (QED) is 0.0409. The molecule has 1 aliphatic carbocycles. The van der Waals surface area contributed by atoms with Gasteiger partial charge in [0.15, 0.2) is 35.6 Å². The molecule has 0 spiro atoms. The highest BCUT2D eigenvalue weighted by molar-refractivity contribution is 7.88. The summed E-state index contributed by atoms with van der Waals surface area (Å²) >= 11 is 1.30. The predicted octanol–water partition coefficient (Wildman–Crippen LogP) is 3.06. The van der Waals surface area contributed by atoms with E-state index in [1.165, 1.54) is 25.1 Å². The van der Waals surface area contributed by atoms with Crippen LogP contribution in [0.25, 0.3) is 0 Å². The fourth-order valence-corrected chi connectivity index (χ4v) is 5.87. The molecule has 16 nitrogen and oxygen atoms in total. The molecule has 18 heteroatoms. The first-order valence-electron chi connectivity index (χ1n) is 15.5. The van der Waals surface area contributed by atoms with E-state index in [9.17, 15) is 19.5 Å². The molecular formula is C31H48N8O8S2. The van der Waals surface area contributed by atoms with Gasteiger partial charge in [0.05, 0.1) is 5.54 Å². The minimum Gasteiger partial charge on any atom is -0.485 e. The predicted molar refractivity (Wildman–Crippen MR) is 190 cm³/mol. The molecule has 0 bridgehead atoms. The maximum atomic E-state index is 12.1. The molecule has 3 atom stereocenters. The molecule has 1 aromatic heterocycles. The summed E-state index contributed by atoms with van der Waals surface area (Å²) in [5, 5.41) is 19.4. The Kier molecular flexibility index (Phi) is 15.9. The molecule has 1 saturated heterocycles. The molecule has 1 amide bonds. The second-order valence-electron chi connectivity index (χ2n) is 12.2. The van der Waals surface area contributed by atoms with E-state index in [1.54, 1.807) is 38.4 Å². The lowest BCUT2D eigenvalue weighted by atomic mass is 9.83. The van der Waals surface area contributed by atoms with E-state index in [4.69, 9.17) is 31.3 Å². The van der Waals surface area contributed by atoms with Crippen LogP contribution in [0.15, 0.2) is 39.8 Å². The van der Waals surface area contributed by atoms with E-state index in [1.807, 2.05) is 20.8 Å². The number of anilines is 1. The van der Waals surface area contributed by atoms with Crippen LogP contribution >= 0.6 is 23.7 Å². The van der Waals surface area contributed by atoms with E-state index < -0.39 is 23.2 Å². The second-order valence-corrected chi connectivity index (χ2v) is 13.4. The highest BCUT2D eigenvalue weighted by Gasteiger charge is 2.55. The number of hydroxylamine groups is 2. The standard InChI is InChI=1S/C20H25N5O5S.C6H12N2O3S.C5H11N/c1-4-5-16(29-13-8-6-12(7-9-13)17(21)23-3)20(2,18(27)28)30-25-14(10-26)15-11-31-19(22)24-15;1-6(2)4(7-3)5(9)8(6)11-12-10;1-4-2-5(6)3-4/h6-11,16H,4-5H2,1-3H3,(H2,21,23)(H2,22,24)(H,27,28);4,7,10H,1-3H3;4-5H,2-3,6H2,1H3/b25-14+;;. The lowest BCUT2D eigenvalue weighted by molar-refractivity contribution is -0.213. The molecule has 1 saturated carbocycles. The highest BCUT2D eigenvalue weighted by atomic mass is 32.2. The van der Waals surface area contributed by atoms with Gasteiger partial charge in [-0.2, -0.15) is 9.35 Å². The number of carbonyl (C=O) groups excluding carboxylic acids is 2. The van der Waals surface area contributed by atoms with Gasteiger partial charge in [-0.05, 0) is 77.3 Å². The van der Waals surface area contributed by atoms with Crippen molar-refractivity contribution in [1.29, 1.82) is 0 Å². The number of nitrogen functional groups attached to an aromatic ring is 1. The van der Waals surface area contributed by atoms with Crippen LogP contribution in [-0.4, -0.2) is 92.8 Å². The number of carbonyl (C=O) groups is 3. The molecule has 2 aliphatic rings. The van der Waals surface area contributed by atoms with E-state index in [0.717, 1.165) is 22.3 Å². The lowest BCUT2D eigenvalue weighted by Crippen LogP contribution is -2.74. The maximum Gasteiger partial charge on any atom is 0.354 e. The zero-order valence-corrected chi connectivity index (χ0v) is 30.4. The zero-order chi connectivity index (χ0) is 36.9. The van der Waals surface area contributed by atoms with Crippen molar-refractivity contribution in [1.82, 2.24) is 15.4 Å². The number of carboxylic acids is 1. The van der Waals surface area contributed by atoms with Crippen molar-refractivity contribution < 1.29 is 37.9 Å². The summed E-state index contributed by atoms with van der Waals surface area (Å²) < 4.78 is 19.0. The third-order valence-electron chi connectivity index (χ3n) is 7.97. The van der Waals surface area contributed by atoms with Crippen molar-refractivity contribution in [3.63, 3.8) is 0 Å². The normalized spacial score (nSPS) is 21.7. The Hall–Kier alpha value is -3.81. The van der Waals surface area contributed by atoms with Gasteiger partial charge in [-0.3, -0.25) is 14.6 Å². The number of aliphatic imine (C=N–C) groups is 1. The summed E-state index contributed by atoms with van der Waals surface area (Å²) in [5.74, 6) is 0.253. The van der Waals surface area contributed by atoms with Crippen molar-refractivity contribution in [3.05, 3.63) is 40.9 Å². The number of benzene rings is 1. The number of nitrogens with one attached hydrogen (secondary N) is 1. The average Bonchev–Trinajstić information content (AvgIpc) is 3.49. The number of likely N-dealkylation sites (N-methyl/N-ethyl adjacent to an activating group) is 1. The summed E-state index contributed by atoms with van der Waals surface area (Å²) in [6.45, 7) is 9.17. The zero-order valence-electron chi connectivity index (χ0n) is 28.8. The largest absolute Gasteiger partial charge is 0.485 e. The molecule has 1 aromatic carbocycles. The van der Waals surface area contributed by atoms with Gasteiger partial charge in [-0.15, -0.1) is 11.3 Å². The van der Waals surface area contributed by atoms with E-state index in [2.05, 4.69) is 31.7 Å². The van der Waals surface area contributed by atoms with Gasteiger partial charge in [0.2, 0.25) is 0 Å². The van der Waals surface area contributed by atoms with Crippen LogP contribution in [0.2, 0.25) is 0 Å². The molecule has 3 unspecified atom stereocenters. The minimum absolute atomic E-state index is 0.163. The number of thiazole rings is 1. The minimum atomic E-state index is -1.88. The molecule has 2 fully saturated rings. The number of aldehydes is 1. The number of rotatable bonds is 14. The topological polar surface area (TPSA) is 250 Å². The Labute approximate surface area is 294 Å². The molecular weight excluding hydrogens is 677 g/mol. The van der Waals surface area contributed by atoms with Crippen LogP contribution in [0.5, 0.6) is 5.75 Å². The van der Waals surface area contributed by atoms with E-state index in [-0.39, 0.29) is 40.8 Å². The van der Waals surface area contributed by atoms with Crippen molar-refractivity contribution in [2.75, 3.05) is 19.8 Å². The molecule has 1 aliphatic heterocycles. The SMILES string of the molecule is CC1CC(N)C1.CCCC(Oc1ccc(C(N)=NC)cc1)C(C)(O/N=C(\C=O)c1csc(N)n1)C(=O)O.CNC1C(=O)N(OSO)C1(C)C. The van der Waals surface area contributed by atoms with E-state index >= 15 is 0 Å². The Morgan fingerprint density at radius 1 is 1.33 bits per heavy atom. The number of aromatic nitrogens is 1. The number of carboxylic acid groups (broad SMARTS) is 1. The Morgan fingerprint density at radius 2 is 1.96 bits per heavy atom. The number of nitrogens with zero attached hydrogens (tertiary/aromatic N) is 4. The first kappa shape index (κ1) is 41.4. The number of hydrogen-bond acceptors (Lipinski definition) is 15. The first-order chi connectivity index (χ1) is 23.1.